The highest BCUT2D eigenvalue weighted by Gasteiger charge is 2.27. The molecule has 1 aliphatic rings. The fourth-order valence-electron chi connectivity index (χ4n) is 2.60. The predicted octanol–water partition coefficient (Wildman–Crippen LogP) is 1.17. The van der Waals surface area contributed by atoms with Gasteiger partial charge < -0.3 is 15.1 Å². The topological polar surface area (TPSA) is 35.6 Å². The molecule has 1 atom stereocenters. The second kappa shape index (κ2) is 5.72. The second-order valence-electron chi connectivity index (χ2n) is 5.46. The lowest BCUT2D eigenvalue weighted by Gasteiger charge is -2.33. The predicted molar refractivity (Wildman–Crippen MR) is 78.6 cm³/mol. The Balaban J connectivity index is 2.14. The van der Waals surface area contributed by atoms with Gasteiger partial charge in [-0.05, 0) is 32.5 Å². The molecule has 4 heteroatoms. The summed E-state index contributed by atoms with van der Waals surface area (Å²) in [5.74, 6) is 0.138. The van der Waals surface area contributed by atoms with Gasteiger partial charge in [-0.25, -0.2) is 0 Å². The second-order valence-corrected chi connectivity index (χ2v) is 5.46. The Bertz CT molecular complexity index is 472. The quantitative estimate of drug-likeness (QED) is 0.868. The Morgan fingerprint density at radius 1 is 1.42 bits per heavy atom. The van der Waals surface area contributed by atoms with Gasteiger partial charge in [0.2, 0.25) is 5.91 Å². The zero-order chi connectivity index (χ0) is 14.0. The number of nitrogens with one attached hydrogen (secondary N) is 1. The summed E-state index contributed by atoms with van der Waals surface area (Å²) in [6.07, 6.45) is 0. The molecule has 4 nitrogen and oxygen atoms in total. The number of carbonyl (C=O) groups excluding carboxylic acids is 1. The van der Waals surface area contributed by atoms with Gasteiger partial charge in [0.1, 0.15) is 6.04 Å². The highest BCUT2D eigenvalue weighted by molar-refractivity contribution is 5.97. The molecule has 0 spiro atoms. The van der Waals surface area contributed by atoms with Gasteiger partial charge in [0.15, 0.2) is 0 Å². The molecule has 1 N–H and O–H groups in total. The van der Waals surface area contributed by atoms with Gasteiger partial charge in [-0.3, -0.25) is 4.79 Å². The van der Waals surface area contributed by atoms with Gasteiger partial charge in [-0.15, -0.1) is 0 Å². The average Bonchev–Trinajstić information content (AvgIpc) is 2.37. The van der Waals surface area contributed by atoms with Crippen LogP contribution in [0.3, 0.4) is 0 Å². The van der Waals surface area contributed by atoms with E-state index in [0.717, 1.165) is 30.9 Å². The smallest absolute Gasteiger partial charge is 0.245 e. The maximum absolute atomic E-state index is 12.5. The lowest BCUT2D eigenvalue weighted by Crippen LogP contribution is -2.56. The number of benzene rings is 1. The molecule has 19 heavy (non-hydrogen) atoms. The Hall–Kier alpha value is -1.39. The van der Waals surface area contributed by atoms with Crippen molar-refractivity contribution < 1.29 is 4.79 Å². The summed E-state index contributed by atoms with van der Waals surface area (Å²) >= 11 is 0. The highest BCUT2D eigenvalue weighted by Crippen LogP contribution is 2.20. The van der Waals surface area contributed by atoms with Crippen LogP contribution < -0.4 is 10.2 Å². The number of carbonyl (C=O) groups is 1. The minimum atomic E-state index is -0.107. The molecular weight excluding hydrogens is 238 g/mol. The molecule has 1 aromatic carbocycles. The first kappa shape index (κ1) is 14.0. The van der Waals surface area contributed by atoms with Crippen LogP contribution in [0.25, 0.3) is 0 Å². The summed E-state index contributed by atoms with van der Waals surface area (Å²) in [5.41, 5.74) is 3.35. The van der Waals surface area contributed by atoms with E-state index in [0.29, 0.717) is 0 Å². The van der Waals surface area contributed by atoms with Gasteiger partial charge in [-0.2, -0.15) is 0 Å². The van der Waals surface area contributed by atoms with Crippen LogP contribution in [0.15, 0.2) is 18.2 Å². The number of aryl methyl sites for hydroxylation is 2. The standard InChI is InChI=1S/C15H23N3O/c1-11-5-6-14(12(2)9-11)18(4)15(19)13-10-17(3)8-7-16-13/h5-6,9,13,16H,7-8,10H2,1-4H3. The molecular formula is C15H23N3O. The number of amides is 1. The summed E-state index contributed by atoms with van der Waals surface area (Å²) in [5, 5.41) is 3.30. The van der Waals surface area contributed by atoms with Gasteiger partial charge in [0, 0.05) is 32.4 Å². The third-order valence-electron chi connectivity index (χ3n) is 3.72. The number of hydrogen-bond donors (Lipinski definition) is 1. The van der Waals surface area contributed by atoms with E-state index in [1.807, 2.05) is 26.1 Å². The van der Waals surface area contributed by atoms with E-state index in [9.17, 15) is 4.79 Å². The summed E-state index contributed by atoms with van der Waals surface area (Å²) in [6, 6.07) is 6.07. The van der Waals surface area contributed by atoms with Gasteiger partial charge in [0.05, 0.1) is 0 Å². The van der Waals surface area contributed by atoms with Crippen LogP contribution in [0, 0.1) is 13.8 Å². The SMILES string of the molecule is Cc1ccc(N(C)C(=O)C2CN(C)CCN2)c(C)c1. The molecule has 0 radical (unpaired) electrons. The van der Waals surface area contributed by atoms with E-state index in [1.54, 1.807) is 4.90 Å². The Labute approximate surface area is 115 Å². The molecule has 1 saturated heterocycles. The average molecular weight is 261 g/mol. The van der Waals surface area contributed by atoms with E-state index in [1.165, 1.54) is 5.56 Å². The van der Waals surface area contributed by atoms with Crippen molar-refractivity contribution in [1.82, 2.24) is 10.2 Å². The monoisotopic (exact) mass is 261 g/mol. The zero-order valence-corrected chi connectivity index (χ0v) is 12.2. The molecule has 0 bridgehead atoms. The number of anilines is 1. The molecule has 1 aliphatic heterocycles. The Kier molecular flexibility index (Phi) is 4.22. The van der Waals surface area contributed by atoms with E-state index < -0.39 is 0 Å². The first-order valence-electron chi connectivity index (χ1n) is 6.76. The number of hydrogen-bond acceptors (Lipinski definition) is 3. The van der Waals surface area contributed by atoms with Gasteiger partial charge in [-0.1, -0.05) is 17.7 Å². The first-order chi connectivity index (χ1) is 8.99. The van der Waals surface area contributed by atoms with Crippen LogP contribution in [0.2, 0.25) is 0 Å². The summed E-state index contributed by atoms with van der Waals surface area (Å²) < 4.78 is 0. The summed E-state index contributed by atoms with van der Waals surface area (Å²) in [7, 11) is 3.91. The molecule has 1 unspecified atom stereocenters. The maximum Gasteiger partial charge on any atom is 0.245 e. The largest absolute Gasteiger partial charge is 0.314 e. The minimum Gasteiger partial charge on any atom is -0.314 e. The van der Waals surface area contributed by atoms with Crippen molar-refractivity contribution in [3.63, 3.8) is 0 Å². The highest BCUT2D eigenvalue weighted by atomic mass is 16.2. The van der Waals surface area contributed by atoms with Crippen molar-refractivity contribution in [2.75, 3.05) is 38.6 Å². The number of likely N-dealkylation sites (N-methyl/N-ethyl adjacent to an activating group) is 2. The maximum atomic E-state index is 12.5. The zero-order valence-electron chi connectivity index (χ0n) is 12.2. The van der Waals surface area contributed by atoms with Crippen LogP contribution in [-0.2, 0) is 4.79 Å². The molecule has 0 aliphatic carbocycles. The van der Waals surface area contributed by atoms with E-state index in [4.69, 9.17) is 0 Å². The third kappa shape index (κ3) is 3.14. The molecule has 0 saturated carbocycles. The number of piperazine rings is 1. The Morgan fingerprint density at radius 2 is 2.16 bits per heavy atom. The van der Waals surface area contributed by atoms with E-state index in [-0.39, 0.29) is 11.9 Å². The van der Waals surface area contributed by atoms with E-state index in [2.05, 4.69) is 30.3 Å². The van der Waals surface area contributed by atoms with Crippen LogP contribution in [-0.4, -0.2) is 50.6 Å². The van der Waals surface area contributed by atoms with Crippen LogP contribution in [0.5, 0.6) is 0 Å². The van der Waals surface area contributed by atoms with Crippen molar-refractivity contribution in [1.29, 1.82) is 0 Å². The Morgan fingerprint density at radius 3 is 2.79 bits per heavy atom. The summed E-state index contributed by atoms with van der Waals surface area (Å²) in [6.45, 7) is 6.75. The first-order valence-corrected chi connectivity index (χ1v) is 6.76. The molecule has 0 aromatic heterocycles. The third-order valence-corrected chi connectivity index (χ3v) is 3.72. The molecule has 2 rings (SSSR count). The van der Waals surface area contributed by atoms with E-state index >= 15 is 0 Å². The minimum absolute atomic E-state index is 0.107. The lowest BCUT2D eigenvalue weighted by atomic mass is 10.1. The molecule has 104 valence electrons. The van der Waals surface area contributed by atoms with Crippen molar-refractivity contribution in [3.8, 4) is 0 Å². The van der Waals surface area contributed by atoms with Crippen molar-refractivity contribution in [2.45, 2.75) is 19.9 Å². The summed E-state index contributed by atoms with van der Waals surface area (Å²) in [4.78, 5) is 16.5. The van der Waals surface area contributed by atoms with Gasteiger partial charge >= 0.3 is 0 Å². The molecule has 1 aromatic rings. The van der Waals surface area contributed by atoms with Crippen LogP contribution >= 0.6 is 0 Å². The number of nitrogens with zero attached hydrogens (tertiary/aromatic N) is 2. The van der Waals surface area contributed by atoms with Crippen molar-refractivity contribution in [2.24, 2.45) is 0 Å². The molecule has 1 heterocycles. The fraction of sp³-hybridized carbons (Fsp3) is 0.533. The number of rotatable bonds is 2. The van der Waals surface area contributed by atoms with Crippen molar-refractivity contribution in [3.05, 3.63) is 29.3 Å². The molecule has 1 fully saturated rings. The van der Waals surface area contributed by atoms with Gasteiger partial charge in [0.25, 0.3) is 0 Å². The normalized spacial score (nSPS) is 20.3. The lowest BCUT2D eigenvalue weighted by molar-refractivity contribution is -0.121. The van der Waals surface area contributed by atoms with Crippen LogP contribution in [0.4, 0.5) is 5.69 Å². The molecule has 1 amide bonds. The fourth-order valence-corrected chi connectivity index (χ4v) is 2.60. The van der Waals surface area contributed by atoms with Crippen LogP contribution in [0.1, 0.15) is 11.1 Å². The van der Waals surface area contributed by atoms with Crippen molar-refractivity contribution >= 4 is 11.6 Å².